The summed E-state index contributed by atoms with van der Waals surface area (Å²) in [6.07, 6.45) is 0. The Morgan fingerprint density at radius 2 is 1.85 bits per heavy atom. The third-order valence-electron chi connectivity index (χ3n) is 4.31. The molecule has 1 saturated heterocycles. The zero-order chi connectivity index (χ0) is 17.1. The molecule has 0 radical (unpaired) electrons. The van der Waals surface area contributed by atoms with Crippen LogP contribution in [0.5, 0.6) is 0 Å². The second-order valence-corrected chi connectivity index (χ2v) is 6.06. The molecular formula is C17H24Cl2FN5O. The van der Waals surface area contributed by atoms with Crippen molar-refractivity contribution in [1.29, 1.82) is 0 Å². The Balaban J connectivity index is 0.00000169. The number of aromatic nitrogens is 2. The van der Waals surface area contributed by atoms with Crippen molar-refractivity contribution in [2.24, 2.45) is 0 Å². The Morgan fingerprint density at radius 3 is 2.54 bits per heavy atom. The number of benzene rings is 1. The van der Waals surface area contributed by atoms with E-state index in [-0.39, 0.29) is 36.3 Å². The Labute approximate surface area is 164 Å². The SMILES string of the molecule is Cc1nc2cc(F)cc(C(=O)NCCN3CCNCC3)c2nc1C.Cl.Cl. The standard InChI is InChI=1S/C17H22FN5O.2ClH/c1-11-12(2)22-16-14(9-13(18)10-15(16)21-11)17(24)20-5-8-23-6-3-19-4-7-23;;/h9-10,19H,3-8H2,1-2H3,(H,20,24);2*1H. The maximum absolute atomic E-state index is 13.8. The summed E-state index contributed by atoms with van der Waals surface area (Å²) in [4.78, 5) is 23.5. The Kier molecular flexibility index (Phi) is 8.62. The van der Waals surface area contributed by atoms with E-state index in [9.17, 15) is 9.18 Å². The fourth-order valence-electron chi connectivity index (χ4n) is 2.83. The van der Waals surface area contributed by atoms with Gasteiger partial charge in [-0.25, -0.2) is 14.4 Å². The lowest BCUT2D eigenvalue weighted by molar-refractivity contribution is 0.0948. The van der Waals surface area contributed by atoms with Gasteiger partial charge < -0.3 is 10.6 Å². The van der Waals surface area contributed by atoms with Crippen LogP contribution in [0.15, 0.2) is 12.1 Å². The van der Waals surface area contributed by atoms with Crippen LogP contribution in [0.1, 0.15) is 21.7 Å². The summed E-state index contributed by atoms with van der Waals surface area (Å²) in [5.74, 6) is -0.792. The Morgan fingerprint density at radius 1 is 1.19 bits per heavy atom. The number of rotatable bonds is 4. The van der Waals surface area contributed by atoms with Crippen molar-refractivity contribution < 1.29 is 9.18 Å². The molecule has 0 aliphatic carbocycles. The van der Waals surface area contributed by atoms with Gasteiger partial charge in [-0.15, -0.1) is 24.8 Å². The number of aryl methyl sites for hydroxylation is 2. The van der Waals surface area contributed by atoms with E-state index in [1.54, 1.807) is 0 Å². The fourth-order valence-corrected chi connectivity index (χ4v) is 2.83. The zero-order valence-electron chi connectivity index (χ0n) is 14.8. The molecule has 0 spiro atoms. The molecule has 3 rings (SSSR count). The maximum atomic E-state index is 13.8. The van der Waals surface area contributed by atoms with E-state index >= 15 is 0 Å². The van der Waals surface area contributed by atoms with Crippen molar-refractivity contribution in [2.45, 2.75) is 13.8 Å². The van der Waals surface area contributed by atoms with Crippen LogP contribution in [0.3, 0.4) is 0 Å². The van der Waals surface area contributed by atoms with Crippen LogP contribution < -0.4 is 10.6 Å². The predicted molar refractivity (Wildman–Crippen MR) is 105 cm³/mol. The maximum Gasteiger partial charge on any atom is 0.253 e. The molecule has 2 heterocycles. The van der Waals surface area contributed by atoms with E-state index in [4.69, 9.17) is 0 Å². The third kappa shape index (κ3) is 5.23. The highest BCUT2D eigenvalue weighted by Crippen LogP contribution is 2.19. The summed E-state index contributed by atoms with van der Waals surface area (Å²) in [6, 6.07) is 2.54. The molecule has 1 fully saturated rings. The van der Waals surface area contributed by atoms with Gasteiger partial charge in [0.1, 0.15) is 11.3 Å². The summed E-state index contributed by atoms with van der Waals surface area (Å²) in [6.45, 7) is 8.84. The number of nitrogens with zero attached hydrogens (tertiary/aromatic N) is 3. The molecule has 1 aromatic heterocycles. The van der Waals surface area contributed by atoms with E-state index in [0.717, 1.165) is 44.1 Å². The number of carbonyl (C=O) groups excluding carboxylic acids is 1. The van der Waals surface area contributed by atoms with Gasteiger partial charge in [-0.1, -0.05) is 0 Å². The first-order valence-electron chi connectivity index (χ1n) is 8.20. The smallest absolute Gasteiger partial charge is 0.253 e. The van der Waals surface area contributed by atoms with E-state index in [2.05, 4.69) is 25.5 Å². The molecule has 0 bridgehead atoms. The monoisotopic (exact) mass is 403 g/mol. The summed E-state index contributed by atoms with van der Waals surface area (Å²) >= 11 is 0. The summed E-state index contributed by atoms with van der Waals surface area (Å²) < 4.78 is 13.8. The number of nitrogens with one attached hydrogen (secondary N) is 2. The lowest BCUT2D eigenvalue weighted by Gasteiger charge is -2.27. The van der Waals surface area contributed by atoms with Crippen molar-refractivity contribution in [3.8, 4) is 0 Å². The summed E-state index contributed by atoms with van der Waals surface area (Å²) in [7, 11) is 0. The molecule has 144 valence electrons. The molecule has 2 N–H and O–H groups in total. The molecule has 0 atom stereocenters. The minimum absolute atomic E-state index is 0. The molecule has 0 saturated carbocycles. The molecule has 9 heteroatoms. The van der Waals surface area contributed by atoms with E-state index < -0.39 is 5.82 Å². The fraction of sp³-hybridized carbons (Fsp3) is 0.471. The number of fused-ring (bicyclic) bond motifs is 1. The number of hydrogen-bond donors (Lipinski definition) is 2. The minimum atomic E-state index is -0.479. The second-order valence-electron chi connectivity index (χ2n) is 6.06. The molecule has 26 heavy (non-hydrogen) atoms. The van der Waals surface area contributed by atoms with Gasteiger partial charge in [0.15, 0.2) is 0 Å². The van der Waals surface area contributed by atoms with Crippen LogP contribution in [0.25, 0.3) is 11.0 Å². The molecule has 1 amide bonds. The van der Waals surface area contributed by atoms with Gasteiger partial charge >= 0.3 is 0 Å². The first kappa shape index (κ1) is 22.5. The van der Waals surface area contributed by atoms with Gasteiger partial charge in [-0.3, -0.25) is 9.69 Å². The zero-order valence-corrected chi connectivity index (χ0v) is 16.5. The Hall–Kier alpha value is -1.54. The van der Waals surface area contributed by atoms with Crippen molar-refractivity contribution in [1.82, 2.24) is 25.5 Å². The number of amides is 1. The van der Waals surface area contributed by atoms with Gasteiger partial charge in [0.2, 0.25) is 0 Å². The van der Waals surface area contributed by atoms with Crippen LogP contribution in [-0.2, 0) is 0 Å². The molecule has 1 aliphatic heterocycles. The van der Waals surface area contributed by atoms with Crippen molar-refractivity contribution in [3.05, 3.63) is 34.9 Å². The highest BCUT2D eigenvalue weighted by atomic mass is 35.5. The number of halogens is 3. The molecule has 6 nitrogen and oxygen atoms in total. The Bertz CT molecular complexity index is 768. The number of piperazine rings is 1. The van der Waals surface area contributed by atoms with Crippen molar-refractivity contribution >= 4 is 41.8 Å². The average molecular weight is 404 g/mol. The van der Waals surface area contributed by atoms with Crippen LogP contribution in [0, 0.1) is 19.7 Å². The third-order valence-corrected chi connectivity index (χ3v) is 4.31. The summed E-state index contributed by atoms with van der Waals surface area (Å²) in [5, 5.41) is 6.15. The molecular weight excluding hydrogens is 380 g/mol. The van der Waals surface area contributed by atoms with E-state index in [0.29, 0.717) is 17.6 Å². The largest absolute Gasteiger partial charge is 0.351 e. The highest BCUT2D eigenvalue weighted by molar-refractivity contribution is 6.04. The highest BCUT2D eigenvalue weighted by Gasteiger charge is 2.16. The molecule has 1 aliphatic rings. The van der Waals surface area contributed by atoms with Gasteiger partial charge in [0, 0.05) is 45.3 Å². The second kappa shape index (κ2) is 9.97. The van der Waals surface area contributed by atoms with Crippen LogP contribution in [0.2, 0.25) is 0 Å². The average Bonchev–Trinajstić information content (AvgIpc) is 2.56. The van der Waals surface area contributed by atoms with Gasteiger partial charge in [0.05, 0.1) is 22.5 Å². The van der Waals surface area contributed by atoms with Crippen molar-refractivity contribution in [3.63, 3.8) is 0 Å². The first-order chi connectivity index (χ1) is 11.5. The normalized spacial score (nSPS) is 14.4. The predicted octanol–water partition coefficient (Wildman–Crippen LogP) is 1.86. The van der Waals surface area contributed by atoms with E-state index in [1.165, 1.54) is 12.1 Å². The molecule has 1 aromatic carbocycles. The lowest BCUT2D eigenvalue weighted by Crippen LogP contribution is -2.46. The van der Waals surface area contributed by atoms with E-state index in [1.807, 2.05) is 13.8 Å². The summed E-state index contributed by atoms with van der Waals surface area (Å²) in [5.41, 5.74) is 2.56. The lowest BCUT2D eigenvalue weighted by atomic mass is 10.1. The van der Waals surface area contributed by atoms with Crippen LogP contribution >= 0.6 is 24.8 Å². The van der Waals surface area contributed by atoms with Gasteiger partial charge in [0.25, 0.3) is 5.91 Å². The number of hydrogen-bond acceptors (Lipinski definition) is 5. The minimum Gasteiger partial charge on any atom is -0.351 e. The van der Waals surface area contributed by atoms with Gasteiger partial charge in [-0.2, -0.15) is 0 Å². The van der Waals surface area contributed by atoms with Crippen LogP contribution in [-0.4, -0.2) is 60.0 Å². The number of carbonyl (C=O) groups is 1. The molecule has 0 unspecified atom stereocenters. The molecule has 2 aromatic rings. The van der Waals surface area contributed by atoms with Crippen molar-refractivity contribution in [2.75, 3.05) is 39.3 Å². The quantitative estimate of drug-likeness (QED) is 0.814. The van der Waals surface area contributed by atoms with Gasteiger partial charge in [-0.05, 0) is 19.9 Å². The first-order valence-corrected chi connectivity index (χ1v) is 8.20. The topological polar surface area (TPSA) is 70.2 Å². The van der Waals surface area contributed by atoms with Crippen LogP contribution in [0.4, 0.5) is 4.39 Å².